The quantitative estimate of drug-likeness (QED) is 0.617. The van der Waals surface area contributed by atoms with Gasteiger partial charge in [0.2, 0.25) is 11.8 Å². The second kappa shape index (κ2) is 8.31. The van der Waals surface area contributed by atoms with E-state index in [-0.39, 0.29) is 17.6 Å². The second-order valence-electron chi connectivity index (χ2n) is 5.36. The molecule has 124 valence electrons. The Labute approximate surface area is 135 Å². The van der Waals surface area contributed by atoms with Gasteiger partial charge in [0.05, 0.1) is 7.11 Å². The smallest absolute Gasteiger partial charge is 0.244 e. The van der Waals surface area contributed by atoms with E-state index in [9.17, 15) is 14.0 Å². The van der Waals surface area contributed by atoms with Crippen molar-refractivity contribution in [3.63, 3.8) is 0 Å². The lowest BCUT2D eigenvalue weighted by molar-refractivity contribution is -0.127. The van der Waals surface area contributed by atoms with E-state index in [4.69, 9.17) is 4.74 Å². The van der Waals surface area contributed by atoms with Gasteiger partial charge >= 0.3 is 0 Å². The van der Waals surface area contributed by atoms with Crippen molar-refractivity contribution in [3.8, 4) is 5.75 Å². The van der Waals surface area contributed by atoms with Crippen LogP contribution in [0.4, 0.5) is 4.39 Å². The monoisotopic (exact) mass is 320 g/mol. The van der Waals surface area contributed by atoms with Crippen LogP contribution in [-0.4, -0.2) is 43.5 Å². The first-order valence-corrected chi connectivity index (χ1v) is 7.67. The molecule has 0 aliphatic carbocycles. The summed E-state index contributed by atoms with van der Waals surface area (Å²) in [5.74, 6) is -0.347. The van der Waals surface area contributed by atoms with E-state index in [1.54, 1.807) is 12.1 Å². The van der Waals surface area contributed by atoms with E-state index in [1.807, 2.05) is 4.90 Å². The number of amides is 2. The molecule has 6 heteroatoms. The number of nitrogens with zero attached hydrogens (tertiary/aromatic N) is 1. The molecule has 1 fully saturated rings. The highest BCUT2D eigenvalue weighted by Crippen LogP contribution is 2.18. The predicted octanol–water partition coefficient (Wildman–Crippen LogP) is 1.98. The lowest BCUT2D eigenvalue weighted by Gasteiger charge is -2.14. The van der Waals surface area contributed by atoms with Crippen LogP contribution >= 0.6 is 0 Å². The summed E-state index contributed by atoms with van der Waals surface area (Å²) in [6.07, 6.45) is 5.19. The summed E-state index contributed by atoms with van der Waals surface area (Å²) in [5, 5.41) is 2.75. The first-order chi connectivity index (χ1) is 11.1. The van der Waals surface area contributed by atoms with E-state index in [0.717, 1.165) is 19.4 Å². The normalized spacial score (nSPS) is 14.5. The molecule has 1 aromatic carbocycles. The number of carbonyl (C=O) groups excluding carboxylic acids is 2. The predicted molar refractivity (Wildman–Crippen MR) is 85.4 cm³/mol. The maximum atomic E-state index is 13.5. The fraction of sp³-hybridized carbons (Fsp3) is 0.412. The first-order valence-electron chi connectivity index (χ1n) is 7.67. The zero-order chi connectivity index (χ0) is 16.7. The van der Waals surface area contributed by atoms with Crippen LogP contribution in [0.2, 0.25) is 0 Å². The van der Waals surface area contributed by atoms with Gasteiger partial charge in [-0.25, -0.2) is 4.39 Å². The summed E-state index contributed by atoms with van der Waals surface area (Å²) < 4.78 is 18.3. The van der Waals surface area contributed by atoms with E-state index in [0.29, 0.717) is 25.1 Å². The Bertz CT molecular complexity index is 602. The van der Waals surface area contributed by atoms with Gasteiger partial charge in [0, 0.05) is 32.1 Å². The SMILES string of the molecule is COc1ccc(/C=C/C(=O)NCCCN2CCCC2=O)cc1F. The Morgan fingerprint density at radius 3 is 2.96 bits per heavy atom. The second-order valence-corrected chi connectivity index (χ2v) is 5.36. The van der Waals surface area contributed by atoms with Crippen molar-refractivity contribution in [2.75, 3.05) is 26.7 Å². The fourth-order valence-electron chi connectivity index (χ4n) is 2.44. The van der Waals surface area contributed by atoms with Gasteiger partial charge in [-0.1, -0.05) is 6.07 Å². The molecule has 23 heavy (non-hydrogen) atoms. The number of benzene rings is 1. The van der Waals surface area contributed by atoms with Gasteiger partial charge < -0.3 is 15.0 Å². The van der Waals surface area contributed by atoms with Crippen molar-refractivity contribution < 1.29 is 18.7 Å². The topological polar surface area (TPSA) is 58.6 Å². The van der Waals surface area contributed by atoms with Crippen LogP contribution in [0, 0.1) is 5.82 Å². The van der Waals surface area contributed by atoms with Crippen LogP contribution in [-0.2, 0) is 9.59 Å². The van der Waals surface area contributed by atoms with Crippen molar-refractivity contribution in [2.45, 2.75) is 19.3 Å². The maximum absolute atomic E-state index is 13.5. The van der Waals surface area contributed by atoms with Gasteiger partial charge in [-0.15, -0.1) is 0 Å². The largest absolute Gasteiger partial charge is 0.494 e. The van der Waals surface area contributed by atoms with Crippen molar-refractivity contribution >= 4 is 17.9 Å². The Balaban J connectivity index is 1.71. The van der Waals surface area contributed by atoms with Crippen LogP contribution < -0.4 is 10.1 Å². The lowest BCUT2D eigenvalue weighted by Crippen LogP contribution is -2.29. The average Bonchev–Trinajstić information content (AvgIpc) is 2.95. The fourth-order valence-corrected chi connectivity index (χ4v) is 2.44. The van der Waals surface area contributed by atoms with Gasteiger partial charge in [0.25, 0.3) is 0 Å². The van der Waals surface area contributed by atoms with Crippen molar-refractivity contribution in [3.05, 3.63) is 35.7 Å². The van der Waals surface area contributed by atoms with Crippen LogP contribution in [0.1, 0.15) is 24.8 Å². The Kier molecular flexibility index (Phi) is 6.14. The first kappa shape index (κ1) is 17.0. The van der Waals surface area contributed by atoms with E-state index in [1.165, 1.54) is 25.3 Å². The van der Waals surface area contributed by atoms with Crippen LogP contribution in [0.3, 0.4) is 0 Å². The molecule has 0 radical (unpaired) electrons. The number of methoxy groups -OCH3 is 1. The van der Waals surface area contributed by atoms with Gasteiger partial charge in [-0.2, -0.15) is 0 Å². The summed E-state index contributed by atoms with van der Waals surface area (Å²) in [6.45, 7) is 1.99. The van der Waals surface area contributed by atoms with Gasteiger partial charge in [-0.3, -0.25) is 9.59 Å². The number of ether oxygens (including phenoxy) is 1. The number of carbonyl (C=O) groups is 2. The highest BCUT2D eigenvalue weighted by atomic mass is 19.1. The minimum Gasteiger partial charge on any atom is -0.494 e. The number of nitrogens with one attached hydrogen (secondary N) is 1. The standard InChI is InChI=1S/C17H21FN2O3/c1-23-15-7-5-13(12-14(15)18)6-8-16(21)19-9-3-11-20-10-2-4-17(20)22/h5-8,12H,2-4,9-11H2,1H3,(H,19,21)/b8-6+. The Morgan fingerprint density at radius 2 is 2.30 bits per heavy atom. The zero-order valence-corrected chi connectivity index (χ0v) is 13.2. The molecule has 0 bridgehead atoms. The zero-order valence-electron chi connectivity index (χ0n) is 13.2. The third-order valence-corrected chi connectivity index (χ3v) is 3.68. The van der Waals surface area contributed by atoms with Crippen molar-refractivity contribution in [1.29, 1.82) is 0 Å². The molecular formula is C17H21FN2O3. The van der Waals surface area contributed by atoms with E-state index < -0.39 is 5.82 Å². The number of rotatable bonds is 7. The average molecular weight is 320 g/mol. The third kappa shape index (κ3) is 5.09. The van der Waals surface area contributed by atoms with Crippen LogP contribution in [0.25, 0.3) is 6.08 Å². The molecular weight excluding hydrogens is 299 g/mol. The Morgan fingerprint density at radius 1 is 1.48 bits per heavy atom. The number of hydrogen-bond donors (Lipinski definition) is 1. The summed E-state index contributed by atoms with van der Waals surface area (Å²) in [4.78, 5) is 24.9. The summed E-state index contributed by atoms with van der Waals surface area (Å²) in [5.41, 5.74) is 0.584. The molecule has 1 heterocycles. The van der Waals surface area contributed by atoms with Gasteiger partial charge in [-0.05, 0) is 36.6 Å². The Hall–Kier alpha value is -2.37. The lowest BCUT2D eigenvalue weighted by atomic mass is 10.2. The van der Waals surface area contributed by atoms with Gasteiger partial charge in [0.1, 0.15) is 0 Å². The summed E-state index contributed by atoms with van der Waals surface area (Å²) in [6, 6.07) is 4.49. The molecule has 1 aromatic rings. The van der Waals surface area contributed by atoms with Gasteiger partial charge in [0.15, 0.2) is 11.6 Å². The third-order valence-electron chi connectivity index (χ3n) is 3.68. The number of halogens is 1. The molecule has 5 nitrogen and oxygen atoms in total. The molecule has 0 unspecified atom stereocenters. The maximum Gasteiger partial charge on any atom is 0.244 e. The highest BCUT2D eigenvalue weighted by molar-refractivity contribution is 5.91. The molecule has 0 spiro atoms. The molecule has 0 aromatic heterocycles. The molecule has 2 rings (SSSR count). The molecule has 1 aliphatic heterocycles. The van der Waals surface area contributed by atoms with Crippen LogP contribution in [0.15, 0.2) is 24.3 Å². The molecule has 0 atom stereocenters. The van der Waals surface area contributed by atoms with Crippen molar-refractivity contribution in [1.82, 2.24) is 10.2 Å². The minimum absolute atomic E-state index is 0.170. The number of hydrogen-bond acceptors (Lipinski definition) is 3. The molecule has 2 amide bonds. The van der Waals surface area contributed by atoms with Crippen LogP contribution in [0.5, 0.6) is 5.75 Å². The molecule has 1 saturated heterocycles. The molecule has 1 N–H and O–H groups in total. The summed E-state index contributed by atoms with van der Waals surface area (Å²) in [7, 11) is 1.40. The molecule has 0 saturated carbocycles. The van der Waals surface area contributed by atoms with E-state index >= 15 is 0 Å². The minimum atomic E-state index is -0.467. The van der Waals surface area contributed by atoms with E-state index in [2.05, 4.69) is 5.32 Å². The summed E-state index contributed by atoms with van der Waals surface area (Å²) >= 11 is 0. The highest BCUT2D eigenvalue weighted by Gasteiger charge is 2.18. The van der Waals surface area contributed by atoms with Crippen molar-refractivity contribution in [2.24, 2.45) is 0 Å². The molecule has 1 aliphatic rings. The number of likely N-dealkylation sites (tertiary alicyclic amines) is 1.